The van der Waals surface area contributed by atoms with E-state index in [-0.39, 0.29) is 0 Å². The summed E-state index contributed by atoms with van der Waals surface area (Å²) in [6, 6.07) is 7.38. The van der Waals surface area contributed by atoms with Crippen molar-refractivity contribution in [3.63, 3.8) is 0 Å². The first kappa shape index (κ1) is 17.4. The number of nitrogens with zero attached hydrogens (tertiary/aromatic N) is 1. The fourth-order valence-electron chi connectivity index (χ4n) is 2.76. The van der Waals surface area contributed by atoms with Crippen LogP contribution in [0.1, 0.15) is 45.1 Å². The van der Waals surface area contributed by atoms with Crippen molar-refractivity contribution in [2.24, 2.45) is 5.92 Å². The van der Waals surface area contributed by atoms with E-state index in [1.807, 2.05) is 18.2 Å². The van der Waals surface area contributed by atoms with Crippen molar-refractivity contribution in [2.75, 3.05) is 19.6 Å². The van der Waals surface area contributed by atoms with Gasteiger partial charge in [0, 0.05) is 19.6 Å². The van der Waals surface area contributed by atoms with Crippen molar-refractivity contribution in [1.82, 2.24) is 9.62 Å². The Morgan fingerprint density at radius 1 is 1.14 bits per heavy atom. The Hall–Kier alpha value is -0.910. The Kier molecular flexibility index (Phi) is 6.41. The maximum Gasteiger partial charge on any atom is 0.243 e. The normalized spacial score (nSPS) is 17.0. The van der Waals surface area contributed by atoms with Gasteiger partial charge >= 0.3 is 0 Å². The Balaban J connectivity index is 2.09. The summed E-state index contributed by atoms with van der Waals surface area (Å²) in [5.74, 6) is 0.653. The number of benzene rings is 1. The van der Waals surface area contributed by atoms with Crippen LogP contribution in [0.5, 0.6) is 0 Å². The van der Waals surface area contributed by atoms with Gasteiger partial charge in [-0.3, -0.25) is 0 Å². The second-order valence-electron chi connectivity index (χ2n) is 6.43. The molecule has 1 saturated heterocycles. The molecular weight excluding hydrogens is 296 g/mol. The summed E-state index contributed by atoms with van der Waals surface area (Å²) in [6.45, 7) is 7.20. The van der Waals surface area contributed by atoms with Crippen LogP contribution in [0.2, 0.25) is 0 Å². The van der Waals surface area contributed by atoms with Gasteiger partial charge in [0.15, 0.2) is 0 Å². The number of piperidine rings is 1. The highest BCUT2D eigenvalue weighted by Crippen LogP contribution is 2.23. The third-order valence-corrected chi connectivity index (χ3v) is 6.12. The molecule has 1 aliphatic heterocycles. The molecular formula is C17H28N2O2S. The zero-order valence-corrected chi connectivity index (χ0v) is 14.5. The summed E-state index contributed by atoms with van der Waals surface area (Å²) >= 11 is 0. The van der Waals surface area contributed by atoms with E-state index in [0.29, 0.717) is 30.4 Å². The predicted octanol–water partition coefficient (Wildman–Crippen LogP) is 3.00. The van der Waals surface area contributed by atoms with Crippen molar-refractivity contribution in [3.05, 3.63) is 29.8 Å². The van der Waals surface area contributed by atoms with Gasteiger partial charge < -0.3 is 5.32 Å². The van der Waals surface area contributed by atoms with Gasteiger partial charge in [-0.05, 0) is 43.4 Å². The lowest BCUT2D eigenvalue weighted by molar-refractivity contribution is 0.346. The fraction of sp³-hybridized carbons (Fsp3) is 0.647. The summed E-state index contributed by atoms with van der Waals surface area (Å²) in [5.41, 5.74) is 0.872. The SMILES string of the molecule is CC(C)CCNCc1ccccc1S(=O)(=O)N1CCCCC1. The third kappa shape index (κ3) is 4.54. The molecule has 0 spiro atoms. The quantitative estimate of drug-likeness (QED) is 0.785. The van der Waals surface area contributed by atoms with E-state index in [1.54, 1.807) is 10.4 Å². The van der Waals surface area contributed by atoms with E-state index in [1.165, 1.54) is 0 Å². The summed E-state index contributed by atoms with van der Waals surface area (Å²) in [4.78, 5) is 0.467. The lowest BCUT2D eigenvalue weighted by Gasteiger charge is -2.26. The monoisotopic (exact) mass is 324 g/mol. The summed E-state index contributed by atoms with van der Waals surface area (Å²) in [6.07, 6.45) is 4.16. The lowest BCUT2D eigenvalue weighted by atomic mass is 10.1. The van der Waals surface area contributed by atoms with E-state index in [4.69, 9.17) is 0 Å². The standard InChI is InChI=1S/C17H28N2O2S/c1-15(2)10-11-18-14-16-8-4-5-9-17(16)22(20,21)19-12-6-3-7-13-19/h4-5,8-9,15,18H,3,6-7,10-14H2,1-2H3. The topological polar surface area (TPSA) is 49.4 Å². The minimum atomic E-state index is -3.35. The van der Waals surface area contributed by atoms with Crippen LogP contribution in [0, 0.1) is 5.92 Å². The van der Waals surface area contributed by atoms with Crippen molar-refractivity contribution in [2.45, 2.75) is 51.0 Å². The second kappa shape index (κ2) is 8.09. The van der Waals surface area contributed by atoms with Gasteiger partial charge in [-0.1, -0.05) is 38.5 Å². The molecule has 1 aromatic carbocycles. The molecule has 0 aromatic heterocycles. The maximum atomic E-state index is 12.8. The van der Waals surface area contributed by atoms with Crippen LogP contribution in [0.3, 0.4) is 0 Å². The average Bonchev–Trinajstić information content (AvgIpc) is 2.52. The van der Waals surface area contributed by atoms with Gasteiger partial charge in [-0.15, -0.1) is 0 Å². The number of sulfonamides is 1. The Labute approximate surface area is 135 Å². The van der Waals surface area contributed by atoms with Gasteiger partial charge in [0.25, 0.3) is 0 Å². The van der Waals surface area contributed by atoms with Gasteiger partial charge in [0.05, 0.1) is 4.90 Å². The van der Waals surface area contributed by atoms with E-state index in [2.05, 4.69) is 19.2 Å². The fourth-order valence-corrected chi connectivity index (χ4v) is 4.50. The molecule has 0 saturated carbocycles. The predicted molar refractivity (Wildman–Crippen MR) is 90.2 cm³/mol. The Bertz CT molecular complexity index is 564. The van der Waals surface area contributed by atoms with Crippen LogP contribution in [-0.4, -0.2) is 32.4 Å². The number of hydrogen-bond donors (Lipinski definition) is 1. The molecule has 22 heavy (non-hydrogen) atoms. The van der Waals surface area contributed by atoms with Crippen LogP contribution in [0.15, 0.2) is 29.2 Å². The van der Waals surface area contributed by atoms with Gasteiger partial charge in [0.1, 0.15) is 0 Å². The second-order valence-corrected chi connectivity index (χ2v) is 8.34. The van der Waals surface area contributed by atoms with Crippen molar-refractivity contribution >= 4 is 10.0 Å². The molecule has 124 valence electrons. The highest BCUT2D eigenvalue weighted by Gasteiger charge is 2.27. The zero-order chi connectivity index (χ0) is 16.0. The first-order chi connectivity index (χ1) is 10.5. The van der Waals surface area contributed by atoms with E-state index < -0.39 is 10.0 Å². The molecule has 1 fully saturated rings. The maximum absolute atomic E-state index is 12.8. The molecule has 1 heterocycles. The summed E-state index contributed by atoms with van der Waals surface area (Å²) in [7, 11) is -3.35. The van der Waals surface area contributed by atoms with Gasteiger partial charge in [-0.25, -0.2) is 8.42 Å². The minimum Gasteiger partial charge on any atom is -0.313 e. The Morgan fingerprint density at radius 2 is 1.82 bits per heavy atom. The number of rotatable bonds is 7. The minimum absolute atomic E-state index is 0.467. The molecule has 0 atom stereocenters. The molecule has 4 nitrogen and oxygen atoms in total. The van der Waals surface area contributed by atoms with Crippen molar-refractivity contribution in [3.8, 4) is 0 Å². The van der Waals surface area contributed by atoms with Crippen molar-refractivity contribution < 1.29 is 8.42 Å². The van der Waals surface area contributed by atoms with E-state index >= 15 is 0 Å². The van der Waals surface area contributed by atoms with Gasteiger partial charge in [0.2, 0.25) is 10.0 Å². The van der Waals surface area contributed by atoms with E-state index in [0.717, 1.165) is 37.8 Å². The van der Waals surface area contributed by atoms with E-state index in [9.17, 15) is 8.42 Å². The summed E-state index contributed by atoms with van der Waals surface area (Å²) in [5, 5.41) is 3.37. The van der Waals surface area contributed by atoms with Crippen LogP contribution in [0.4, 0.5) is 0 Å². The molecule has 5 heteroatoms. The molecule has 0 unspecified atom stereocenters. The van der Waals surface area contributed by atoms with Crippen LogP contribution >= 0.6 is 0 Å². The van der Waals surface area contributed by atoms with Crippen LogP contribution in [-0.2, 0) is 16.6 Å². The smallest absolute Gasteiger partial charge is 0.243 e. The number of hydrogen-bond acceptors (Lipinski definition) is 3. The molecule has 1 N–H and O–H groups in total. The first-order valence-electron chi connectivity index (χ1n) is 8.30. The van der Waals surface area contributed by atoms with Crippen LogP contribution < -0.4 is 5.32 Å². The highest BCUT2D eigenvalue weighted by atomic mass is 32.2. The summed E-state index contributed by atoms with van der Waals surface area (Å²) < 4.78 is 27.3. The van der Waals surface area contributed by atoms with Gasteiger partial charge in [-0.2, -0.15) is 4.31 Å². The molecule has 0 amide bonds. The Morgan fingerprint density at radius 3 is 2.50 bits per heavy atom. The molecule has 0 aliphatic carbocycles. The van der Waals surface area contributed by atoms with Crippen LogP contribution in [0.25, 0.3) is 0 Å². The number of nitrogens with one attached hydrogen (secondary N) is 1. The zero-order valence-electron chi connectivity index (χ0n) is 13.7. The first-order valence-corrected chi connectivity index (χ1v) is 9.74. The third-order valence-electron chi connectivity index (χ3n) is 4.12. The lowest BCUT2D eigenvalue weighted by Crippen LogP contribution is -2.36. The molecule has 0 radical (unpaired) electrons. The molecule has 1 aromatic rings. The van der Waals surface area contributed by atoms with Crippen molar-refractivity contribution in [1.29, 1.82) is 0 Å². The highest BCUT2D eigenvalue weighted by molar-refractivity contribution is 7.89. The molecule has 0 bridgehead atoms. The molecule has 1 aliphatic rings. The largest absolute Gasteiger partial charge is 0.313 e. The molecule has 2 rings (SSSR count). The average molecular weight is 324 g/mol.